The van der Waals surface area contributed by atoms with E-state index in [-0.39, 0.29) is 13.1 Å². The number of aliphatic carboxylic acids is 2. The van der Waals surface area contributed by atoms with Gasteiger partial charge >= 0.3 is 18.0 Å². The lowest BCUT2D eigenvalue weighted by Gasteiger charge is -2.40. The fraction of sp³-hybridized carbons (Fsp3) is 0.286. The van der Waals surface area contributed by atoms with Gasteiger partial charge in [-0.25, -0.2) is 14.4 Å². The van der Waals surface area contributed by atoms with Gasteiger partial charge in [0.1, 0.15) is 0 Å². The molecule has 1 saturated heterocycles. The molecule has 2 amide bonds. The van der Waals surface area contributed by atoms with Gasteiger partial charge in [-0.1, -0.05) is 60.7 Å². The predicted molar refractivity (Wildman–Crippen MR) is 101 cm³/mol. The maximum Gasteiger partial charge on any atom is 0.332 e. The van der Waals surface area contributed by atoms with E-state index in [1.165, 1.54) is 13.8 Å². The van der Waals surface area contributed by atoms with E-state index in [0.717, 1.165) is 20.9 Å². The number of amides is 2. The number of hydrogen-bond acceptors (Lipinski definition) is 3. The maximum atomic E-state index is 13.3. The van der Waals surface area contributed by atoms with Crippen molar-refractivity contribution in [1.29, 1.82) is 0 Å². The minimum absolute atomic E-state index is 0.00334. The van der Waals surface area contributed by atoms with E-state index >= 15 is 0 Å². The Bertz CT molecular complexity index is 828. The molecular weight excluding hydrogens is 360 g/mol. The third-order valence-corrected chi connectivity index (χ3v) is 5.69. The van der Waals surface area contributed by atoms with Gasteiger partial charge in [0.05, 0.1) is 0 Å². The highest BCUT2D eigenvalue weighted by atomic mass is 16.4. The first kappa shape index (κ1) is 19.4. The molecular formula is C21H22N2O5. The second-order valence-corrected chi connectivity index (χ2v) is 7.18. The minimum atomic E-state index is -1.96. The van der Waals surface area contributed by atoms with Gasteiger partial charge in [-0.15, -0.1) is 0 Å². The Labute approximate surface area is 162 Å². The zero-order valence-corrected chi connectivity index (χ0v) is 15.7. The first-order valence-electron chi connectivity index (χ1n) is 8.86. The molecule has 3 rings (SSSR count). The van der Waals surface area contributed by atoms with E-state index in [2.05, 4.69) is 0 Å². The lowest BCUT2D eigenvalue weighted by atomic mass is 9.78. The Morgan fingerprint density at radius 3 is 1.36 bits per heavy atom. The summed E-state index contributed by atoms with van der Waals surface area (Å²) < 4.78 is 0. The summed E-state index contributed by atoms with van der Waals surface area (Å²) in [5.74, 6) is -2.73. The van der Waals surface area contributed by atoms with E-state index in [9.17, 15) is 24.6 Å². The van der Waals surface area contributed by atoms with Crippen molar-refractivity contribution in [3.8, 4) is 0 Å². The smallest absolute Gasteiger partial charge is 0.332 e. The zero-order valence-electron chi connectivity index (χ0n) is 15.7. The Balaban J connectivity index is 2.10. The van der Waals surface area contributed by atoms with E-state index in [0.29, 0.717) is 0 Å². The Morgan fingerprint density at radius 1 is 0.750 bits per heavy atom. The van der Waals surface area contributed by atoms with Gasteiger partial charge in [0.2, 0.25) is 0 Å². The van der Waals surface area contributed by atoms with Crippen LogP contribution in [0.4, 0.5) is 4.79 Å². The molecule has 0 saturated carbocycles. The topological polar surface area (TPSA) is 98.2 Å². The lowest BCUT2D eigenvalue weighted by Crippen LogP contribution is -2.66. The van der Waals surface area contributed by atoms with Crippen molar-refractivity contribution in [2.24, 2.45) is 0 Å². The minimum Gasteiger partial charge on any atom is -0.479 e. The van der Waals surface area contributed by atoms with Crippen LogP contribution in [0.1, 0.15) is 25.0 Å². The van der Waals surface area contributed by atoms with Crippen LogP contribution in [0.5, 0.6) is 0 Å². The molecule has 0 bridgehead atoms. The van der Waals surface area contributed by atoms with Crippen molar-refractivity contribution in [2.75, 3.05) is 0 Å². The van der Waals surface area contributed by atoms with Crippen molar-refractivity contribution in [3.05, 3.63) is 71.8 Å². The number of nitrogens with zero attached hydrogens (tertiary/aromatic N) is 2. The van der Waals surface area contributed by atoms with Crippen LogP contribution < -0.4 is 0 Å². The van der Waals surface area contributed by atoms with Crippen molar-refractivity contribution in [1.82, 2.24) is 9.80 Å². The largest absolute Gasteiger partial charge is 0.479 e. The van der Waals surface area contributed by atoms with Crippen LogP contribution in [0.3, 0.4) is 0 Å². The molecule has 1 aliphatic rings. The van der Waals surface area contributed by atoms with Crippen LogP contribution in [0.25, 0.3) is 0 Å². The van der Waals surface area contributed by atoms with E-state index < -0.39 is 29.0 Å². The molecule has 0 aliphatic carbocycles. The van der Waals surface area contributed by atoms with Crippen LogP contribution in [0, 0.1) is 0 Å². The second-order valence-electron chi connectivity index (χ2n) is 7.18. The summed E-state index contributed by atoms with van der Waals surface area (Å²) >= 11 is 0. The fourth-order valence-corrected chi connectivity index (χ4v) is 3.68. The standard InChI is InChI=1S/C21H22N2O5/c1-20(17(24)25)21(2,18(26)27)23(14-16-11-7-4-8-12-16)19(28)22(20)13-15-9-5-3-6-10-15/h3-12H,13-14H2,1-2H3,(H,24,25)(H,26,27). The molecule has 146 valence electrons. The van der Waals surface area contributed by atoms with Gasteiger partial charge in [0, 0.05) is 13.1 Å². The van der Waals surface area contributed by atoms with Crippen molar-refractivity contribution < 1.29 is 24.6 Å². The Kier molecular flexibility index (Phi) is 4.85. The summed E-state index contributed by atoms with van der Waals surface area (Å²) in [6, 6.07) is 17.2. The summed E-state index contributed by atoms with van der Waals surface area (Å²) in [5.41, 5.74) is -2.48. The Hall–Kier alpha value is -3.35. The van der Waals surface area contributed by atoms with E-state index in [1.807, 2.05) is 12.1 Å². The SMILES string of the molecule is CC1(C(=O)O)N(Cc2ccccc2)C(=O)N(Cc2ccccc2)C1(C)C(=O)O. The predicted octanol–water partition coefficient (Wildman–Crippen LogP) is 2.81. The molecule has 2 N–H and O–H groups in total. The third kappa shape index (κ3) is 2.79. The molecule has 2 atom stereocenters. The van der Waals surface area contributed by atoms with E-state index in [4.69, 9.17) is 0 Å². The quantitative estimate of drug-likeness (QED) is 0.801. The molecule has 0 aromatic heterocycles. The van der Waals surface area contributed by atoms with Gasteiger partial charge < -0.3 is 20.0 Å². The van der Waals surface area contributed by atoms with Gasteiger partial charge in [-0.3, -0.25) is 0 Å². The molecule has 2 unspecified atom stereocenters. The molecule has 1 heterocycles. The van der Waals surface area contributed by atoms with Gasteiger partial charge in [0.25, 0.3) is 0 Å². The highest BCUT2D eigenvalue weighted by molar-refractivity contribution is 6.02. The molecule has 28 heavy (non-hydrogen) atoms. The van der Waals surface area contributed by atoms with Crippen LogP contribution in [0.2, 0.25) is 0 Å². The molecule has 1 aliphatic heterocycles. The van der Waals surface area contributed by atoms with Gasteiger partial charge in [0.15, 0.2) is 11.1 Å². The summed E-state index contributed by atoms with van der Waals surface area (Å²) in [6.45, 7) is 2.60. The van der Waals surface area contributed by atoms with Crippen LogP contribution in [0.15, 0.2) is 60.7 Å². The lowest BCUT2D eigenvalue weighted by molar-refractivity contribution is -0.165. The highest BCUT2D eigenvalue weighted by Crippen LogP contribution is 2.44. The molecule has 7 nitrogen and oxygen atoms in total. The average Bonchev–Trinajstić information content (AvgIpc) is 2.84. The number of benzene rings is 2. The molecule has 0 spiro atoms. The number of carbonyl (C=O) groups excluding carboxylic acids is 1. The van der Waals surface area contributed by atoms with E-state index in [1.54, 1.807) is 48.5 Å². The molecule has 2 aromatic carbocycles. The third-order valence-electron chi connectivity index (χ3n) is 5.69. The normalized spacial score (nSPS) is 24.4. The van der Waals surface area contributed by atoms with Crippen LogP contribution in [-0.4, -0.2) is 49.1 Å². The molecule has 1 fully saturated rings. The summed E-state index contributed by atoms with van der Waals surface area (Å²) in [5, 5.41) is 20.0. The van der Waals surface area contributed by atoms with Crippen molar-refractivity contribution in [2.45, 2.75) is 38.0 Å². The summed E-state index contributed by atoms with van der Waals surface area (Å²) in [7, 11) is 0. The summed E-state index contributed by atoms with van der Waals surface area (Å²) in [6.07, 6.45) is 0. The Morgan fingerprint density at radius 2 is 1.07 bits per heavy atom. The zero-order chi connectivity index (χ0) is 20.5. The first-order valence-corrected chi connectivity index (χ1v) is 8.86. The van der Waals surface area contributed by atoms with Gasteiger partial charge in [-0.05, 0) is 25.0 Å². The van der Waals surface area contributed by atoms with Gasteiger partial charge in [-0.2, -0.15) is 0 Å². The maximum absolute atomic E-state index is 13.3. The first-order chi connectivity index (χ1) is 13.2. The second kappa shape index (κ2) is 6.99. The number of carbonyl (C=O) groups is 3. The average molecular weight is 382 g/mol. The number of rotatable bonds is 6. The molecule has 0 radical (unpaired) electrons. The number of hydrogen-bond donors (Lipinski definition) is 2. The fourth-order valence-electron chi connectivity index (χ4n) is 3.68. The molecule has 2 aromatic rings. The van der Waals surface area contributed by atoms with Crippen molar-refractivity contribution in [3.63, 3.8) is 0 Å². The number of carboxylic acids is 2. The van der Waals surface area contributed by atoms with Crippen LogP contribution in [-0.2, 0) is 22.7 Å². The number of carboxylic acid groups (broad SMARTS) is 2. The molecule has 7 heteroatoms. The highest BCUT2D eigenvalue weighted by Gasteiger charge is 2.70. The monoisotopic (exact) mass is 382 g/mol. The van der Waals surface area contributed by atoms with Crippen LogP contribution >= 0.6 is 0 Å². The number of urea groups is 1. The summed E-state index contributed by atoms with van der Waals surface area (Å²) in [4.78, 5) is 40.2. The van der Waals surface area contributed by atoms with Crippen molar-refractivity contribution >= 4 is 18.0 Å².